The van der Waals surface area contributed by atoms with E-state index in [1.165, 1.54) is 0 Å². The van der Waals surface area contributed by atoms with Gasteiger partial charge in [-0.1, -0.05) is 24.6 Å². The monoisotopic (exact) mass is 496 g/mol. The summed E-state index contributed by atoms with van der Waals surface area (Å²) in [6, 6.07) is 11.7. The average molecular weight is 497 g/mol. The Hall–Kier alpha value is -2.25. The number of piperidine rings is 1. The minimum atomic E-state index is -0.939. The number of benzene rings is 1. The number of hydrogen-bond acceptors (Lipinski definition) is 5. The Labute approximate surface area is 209 Å². The SMILES string of the molecule is CC1CCN(C(=O)c2ccc(-c3cc(-c4ccnc(C5(O)CCOCC5)c4)cs3)c(Cl)c2)CC1. The number of aliphatic hydroxyl groups is 1. The van der Waals surface area contributed by atoms with Gasteiger partial charge in [0, 0.05) is 61.3 Å². The Morgan fingerprint density at radius 2 is 1.91 bits per heavy atom. The van der Waals surface area contributed by atoms with E-state index in [0.717, 1.165) is 47.5 Å². The third kappa shape index (κ3) is 4.78. The number of thiophene rings is 1. The maximum absolute atomic E-state index is 12.9. The number of rotatable bonds is 4. The minimum absolute atomic E-state index is 0.0579. The van der Waals surface area contributed by atoms with Gasteiger partial charge in [-0.2, -0.15) is 0 Å². The lowest BCUT2D eigenvalue weighted by molar-refractivity contribution is -0.0705. The third-order valence-electron chi connectivity index (χ3n) is 7.04. The number of pyridine rings is 1. The van der Waals surface area contributed by atoms with Crippen molar-refractivity contribution < 1.29 is 14.6 Å². The van der Waals surface area contributed by atoms with E-state index in [1.54, 1.807) is 23.6 Å². The van der Waals surface area contributed by atoms with Gasteiger partial charge in [0.1, 0.15) is 5.60 Å². The number of aromatic nitrogens is 1. The van der Waals surface area contributed by atoms with Gasteiger partial charge in [0.25, 0.3) is 5.91 Å². The van der Waals surface area contributed by atoms with Crippen LogP contribution in [0.15, 0.2) is 48.0 Å². The van der Waals surface area contributed by atoms with Crippen LogP contribution in [0, 0.1) is 5.92 Å². The fourth-order valence-corrected chi connectivity index (χ4v) is 6.00. The molecule has 0 spiro atoms. The molecule has 2 aliphatic rings. The first-order valence-electron chi connectivity index (χ1n) is 11.9. The standard InChI is InChI=1S/C27H29ClN2O3S/c1-18-5-10-30(11-6-18)26(31)20-2-3-22(23(28)14-20)24-15-21(17-34-24)19-4-9-29-25(16-19)27(32)7-12-33-13-8-27/h2-4,9,14-18,32H,5-8,10-13H2,1H3. The number of amides is 1. The molecule has 2 fully saturated rings. The number of likely N-dealkylation sites (tertiary alicyclic amines) is 1. The van der Waals surface area contributed by atoms with Crippen molar-refractivity contribution in [2.24, 2.45) is 5.92 Å². The zero-order valence-corrected chi connectivity index (χ0v) is 20.9. The summed E-state index contributed by atoms with van der Waals surface area (Å²) >= 11 is 8.26. The zero-order chi connectivity index (χ0) is 23.7. The highest BCUT2D eigenvalue weighted by atomic mass is 35.5. The normalized spacial score (nSPS) is 18.7. The molecule has 0 saturated carbocycles. The van der Waals surface area contributed by atoms with Gasteiger partial charge in [-0.3, -0.25) is 9.78 Å². The first kappa shape index (κ1) is 23.5. The molecule has 178 valence electrons. The summed E-state index contributed by atoms with van der Waals surface area (Å²) in [6.45, 7) is 4.94. The number of ether oxygens (including phenoxy) is 1. The second-order valence-corrected chi connectivity index (χ2v) is 10.8. The molecule has 0 radical (unpaired) electrons. The quantitative estimate of drug-likeness (QED) is 0.481. The lowest BCUT2D eigenvalue weighted by Crippen LogP contribution is -2.37. The second-order valence-electron chi connectivity index (χ2n) is 9.44. The van der Waals surface area contributed by atoms with Crippen LogP contribution in [-0.4, -0.2) is 47.2 Å². The Bertz CT molecular complexity index is 1180. The van der Waals surface area contributed by atoms with E-state index in [2.05, 4.69) is 23.4 Å². The lowest BCUT2D eigenvalue weighted by atomic mass is 9.89. The maximum Gasteiger partial charge on any atom is 0.253 e. The molecule has 0 aliphatic carbocycles. The fraction of sp³-hybridized carbons (Fsp3) is 0.407. The Balaban J connectivity index is 1.36. The molecule has 2 aliphatic heterocycles. The molecule has 3 aromatic rings. The van der Waals surface area contributed by atoms with Crippen molar-refractivity contribution in [3.8, 4) is 21.6 Å². The molecule has 4 heterocycles. The number of nitrogens with zero attached hydrogens (tertiary/aromatic N) is 2. The summed E-state index contributed by atoms with van der Waals surface area (Å²) in [5.41, 5.74) is 3.37. The van der Waals surface area contributed by atoms with Crippen LogP contribution in [0.25, 0.3) is 21.6 Å². The molecule has 5 rings (SSSR count). The topological polar surface area (TPSA) is 62.7 Å². The van der Waals surface area contributed by atoms with Crippen molar-refractivity contribution in [2.75, 3.05) is 26.3 Å². The highest BCUT2D eigenvalue weighted by molar-refractivity contribution is 7.14. The molecule has 1 N–H and O–H groups in total. The van der Waals surface area contributed by atoms with Gasteiger partial charge in [0.15, 0.2) is 0 Å². The summed E-state index contributed by atoms with van der Waals surface area (Å²) in [5, 5.41) is 13.7. The van der Waals surface area contributed by atoms with Crippen LogP contribution in [0.5, 0.6) is 0 Å². The van der Waals surface area contributed by atoms with E-state index in [4.69, 9.17) is 16.3 Å². The molecule has 2 saturated heterocycles. The second kappa shape index (κ2) is 9.78. The van der Waals surface area contributed by atoms with Crippen molar-refractivity contribution in [3.63, 3.8) is 0 Å². The summed E-state index contributed by atoms with van der Waals surface area (Å²) in [5.74, 6) is 0.738. The van der Waals surface area contributed by atoms with Gasteiger partial charge in [0.2, 0.25) is 0 Å². The molecule has 1 aromatic carbocycles. The van der Waals surface area contributed by atoms with Crippen molar-refractivity contribution in [1.29, 1.82) is 0 Å². The smallest absolute Gasteiger partial charge is 0.253 e. The Morgan fingerprint density at radius 3 is 2.65 bits per heavy atom. The molecule has 7 heteroatoms. The Kier molecular flexibility index (Phi) is 6.76. The summed E-state index contributed by atoms with van der Waals surface area (Å²) in [6.07, 6.45) is 4.96. The van der Waals surface area contributed by atoms with E-state index >= 15 is 0 Å². The number of halogens is 1. The van der Waals surface area contributed by atoms with Crippen LogP contribution < -0.4 is 0 Å². The largest absolute Gasteiger partial charge is 0.383 e. The molecule has 2 aromatic heterocycles. The summed E-state index contributed by atoms with van der Waals surface area (Å²) in [4.78, 5) is 20.3. The molecular formula is C27H29ClN2O3S. The highest BCUT2D eigenvalue weighted by Gasteiger charge is 2.33. The van der Waals surface area contributed by atoms with E-state index in [9.17, 15) is 9.90 Å². The van der Waals surface area contributed by atoms with Crippen molar-refractivity contribution in [3.05, 3.63) is 64.3 Å². The first-order chi connectivity index (χ1) is 16.4. The number of hydrogen-bond donors (Lipinski definition) is 1. The van der Waals surface area contributed by atoms with Crippen molar-refractivity contribution in [2.45, 2.75) is 38.2 Å². The molecule has 0 bridgehead atoms. The van der Waals surface area contributed by atoms with Gasteiger partial charge in [-0.15, -0.1) is 11.3 Å². The van der Waals surface area contributed by atoms with E-state index in [0.29, 0.717) is 48.3 Å². The highest BCUT2D eigenvalue weighted by Crippen LogP contribution is 2.38. The number of carbonyl (C=O) groups excluding carboxylic acids is 1. The first-order valence-corrected chi connectivity index (χ1v) is 13.1. The Morgan fingerprint density at radius 1 is 1.15 bits per heavy atom. The van der Waals surface area contributed by atoms with E-state index in [1.807, 2.05) is 29.2 Å². The van der Waals surface area contributed by atoms with Gasteiger partial charge in [-0.05, 0) is 65.6 Å². The van der Waals surface area contributed by atoms with Crippen LogP contribution >= 0.6 is 22.9 Å². The van der Waals surface area contributed by atoms with Crippen molar-refractivity contribution >= 4 is 28.8 Å². The van der Waals surface area contributed by atoms with Gasteiger partial charge < -0.3 is 14.7 Å². The average Bonchev–Trinajstić information content (AvgIpc) is 3.35. The van der Waals surface area contributed by atoms with Gasteiger partial charge in [0.05, 0.1) is 10.7 Å². The predicted octanol–water partition coefficient (Wildman–Crippen LogP) is 6.00. The van der Waals surface area contributed by atoms with Crippen LogP contribution in [0.1, 0.15) is 48.7 Å². The van der Waals surface area contributed by atoms with Crippen LogP contribution in [0.3, 0.4) is 0 Å². The predicted molar refractivity (Wildman–Crippen MR) is 136 cm³/mol. The lowest BCUT2D eigenvalue weighted by Gasteiger charge is -2.31. The molecular weight excluding hydrogens is 468 g/mol. The molecule has 1 amide bonds. The van der Waals surface area contributed by atoms with Gasteiger partial charge >= 0.3 is 0 Å². The van der Waals surface area contributed by atoms with Gasteiger partial charge in [-0.25, -0.2) is 0 Å². The molecule has 0 atom stereocenters. The minimum Gasteiger partial charge on any atom is -0.383 e. The third-order valence-corrected chi connectivity index (χ3v) is 8.32. The van der Waals surface area contributed by atoms with Crippen LogP contribution in [0.2, 0.25) is 5.02 Å². The summed E-state index contributed by atoms with van der Waals surface area (Å²) < 4.78 is 5.40. The molecule has 5 nitrogen and oxygen atoms in total. The van der Waals surface area contributed by atoms with Crippen LogP contribution in [-0.2, 0) is 10.3 Å². The van der Waals surface area contributed by atoms with Crippen molar-refractivity contribution in [1.82, 2.24) is 9.88 Å². The number of carbonyl (C=O) groups is 1. The zero-order valence-electron chi connectivity index (χ0n) is 19.3. The molecule has 0 unspecified atom stereocenters. The van der Waals surface area contributed by atoms with E-state index < -0.39 is 5.60 Å². The molecule has 34 heavy (non-hydrogen) atoms. The fourth-order valence-electron chi connectivity index (χ4n) is 4.70. The van der Waals surface area contributed by atoms with Crippen LogP contribution in [0.4, 0.5) is 0 Å². The maximum atomic E-state index is 12.9. The van der Waals surface area contributed by atoms with E-state index in [-0.39, 0.29) is 5.91 Å². The summed E-state index contributed by atoms with van der Waals surface area (Å²) in [7, 11) is 0.